The molecule has 0 radical (unpaired) electrons. The summed E-state index contributed by atoms with van der Waals surface area (Å²) in [5.74, 6) is 0.0535. The number of fused-ring (bicyclic) bond motifs is 1. The molecule has 3 nitrogen and oxygen atoms in total. The lowest BCUT2D eigenvalue weighted by atomic mass is 9.97. The monoisotopic (exact) mass is 291 g/mol. The van der Waals surface area contributed by atoms with Crippen molar-refractivity contribution in [3.8, 4) is 11.5 Å². The zero-order chi connectivity index (χ0) is 14.8. The van der Waals surface area contributed by atoms with Crippen LogP contribution in [0.25, 0.3) is 0 Å². The first-order valence-corrected chi connectivity index (χ1v) is 6.71. The fourth-order valence-electron chi connectivity index (χ4n) is 2.54. The van der Waals surface area contributed by atoms with Crippen molar-refractivity contribution >= 4 is 0 Å². The maximum atomic E-state index is 14.1. The van der Waals surface area contributed by atoms with E-state index in [1.807, 2.05) is 18.2 Å². The van der Waals surface area contributed by atoms with Crippen molar-refractivity contribution in [2.24, 2.45) is 0 Å². The van der Waals surface area contributed by atoms with Gasteiger partial charge in [-0.1, -0.05) is 18.2 Å². The molecule has 21 heavy (non-hydrogen) atoms. The molecule has 2 aromatic carbocycles. The standard InChI is InChI=1S/C16H15F2NO2/c1-19-15(11-6-5-10(17)9-13(11)18)12-3-2-4-14-16(12)21-8-7-20-14/h2-6,9,15,19H,7-8H2,1H3. The number of ether oxygens (including phenoxy) is 2. The van der Waals surface area contributed by atoms with E-state index < -0.39 is 17.7 Å². The third-order valence-corrected chi connectivity index (χ3v) is 3.47. The summed E-state index contributed by atoms with van der Waals surface area (Å²) in [6.07, 6.45) is 0. The molecule has 0 aliphatic carbocycles. The second-order valence-electron chi connectivity index (χ2n) is 4.76. The molecule has 0 fully saturated rings. The summed E-state index contributed by atoms with van der Waals surface area (Å²) < 4.78 is 38.3. The number of benzene rings is 2. The lowest BCUT2D eigenvalue weighted by Crippen LogP contribution is -2.23. The van der Waals surface area contributed by atoms with Crippen LogP contribution in [0, 0.1) is 11.6 Å². The van der Waals surface area contributed by atoms with Crippen LogP contribution in [-0.4, -0.2) is 20.3 Å². The average Bonchev–Trinajstić information content (AvgIpc) is 2.50. The fraction of sp³-hybridized carbons (Fsp3) is 0.250. The third-order valence-electron chi connectivity index (χ3n) is 3.47. The van der Waals surface area contributed by atoms with Crippen molar-refractivity contribution in [3.05, 3.63) is 59.2 Å². The Kier molecular flexibility index (Phi) is 3.75. The number of nitrogens with one attached hydrogen (secondary N) is 1. The van der Waals surface area contributed by atoms with E-state index in [1.54, 1.807) is 7.05 Å². The van der Waals surface area contributed by atoms with Crippen LogP contribution in [0.2, 0.25) is 0 Å². The summed E-state index contributed by atoms with van der Waals surface area (Å²) in [5, 5.41) is 3.05. The molecule has 110 valence electrons. The van der Waals surface area contributed by atoms with Gasteiger partial charge in [0, 0.05) is 17.2 Å². The number of hydrogen-bond donors (Lipinski definition) is 1. The minimum atomic E-state index is -0.597. The van der Waals surface area contributed by atoms with E-state index in [4.69, 9.17) is 9.47 Å². The molecule has 1 N–H and O–H groups in total. The summed E-state index contributed by atoms with van der Waals surface area (Å²) in [7, 11) is 1.72. The van der Waals surface area contributed by atoms with E-state index in [1.165, 1.54) is 12.1 Å². The minimum absolute atomic E-state index is 0.362. The predicted molar refractivity (Wildman–Crippen MR) is 74.7 cm³/mol. The summed E-state index contributed by atoms with van der Waals surface area (Å²) in [4.78, 5) is 0. The number of halogens is 2. The molecule has 0 bridgehead atoms. The first-order valence-electron chi connectivity index (χ1n) is 6.71. The molecule has 1 atom stereocenters. The Morgan fingerprint density at radius 2 is 1.86 bits per heavy atom. The second kappa shape index (κ2) is 5.69. The van der Waals surface area contributed by atoms with Gasteiger partial charge in [0.15, 0.2) is 11.5 Å². The van der Waals surface area contributed by atoms with Crippen LogP contribution in [0.5, 0.6) is 11.5 Å². The molecule has 0 saturated carbocycles. The van der Waals surface area contributed by atoms with E-state index in [-0.39, 0.29) is 0 Å². The molecular formula is C16H15F2NO2. The van der Waals surface area contributed by atoms with Crippen LogP contribution < -0.4 is 14.8 Å². The second-order valence-corrected chi connectivity index (χ2v) is 4.76. The lowest BCUT2D eigenvalue weighted by molar-refractivity contribution is 0.169. The highest BCUT2D eigenvalue weighted by atomic mass is 19.1. The summed E-state index contributed by atoms with van der Waals surface area (Å²) in [6.45, 7) is 0.942. The van der Waals surface area contributed by atoms with Crippen LogP contribution in [0.3, 0.4) is 0 Å². The zero-order valence-electron chi connectivity index (χ0n) is 11.5. The third kappa shape index (κ3) is 2.56. The van der Waals surface area contributed by atoms with Gasteiger partial charge in [-0.25, -0.2) is 8.78 Å². The van der Waals surface area contributed by atoms with Gasteiger partial charge in [-0.3, -0.25) is 0 Å². The Morgan fingerprint density at radius 1 is 1.05 bits per heavy atom. The largest absolute Gasteiger partial charge is 0.486 e. The lowest BCUT2D eigenvalue weighted by Gasteiger charge is -2.25. The molecule has 0 aromatic heterocycles. The van der Waals surface area contributed by atoms with E-state index in [2.05, 4.69) is 5.32 Å². The Hall–Kier alpha value is -2.14. The molecule has 0 amide bonds. The van der Waals surface area contributed by atoms with Crippen molar-refractivity contribution in [1.29, 1.82) is 0 Å². The SMILES string of the molecule is CNC(c1ccc(F)cc1F)c1cccc2c1OCCO2. The van der Waals surface area contributed by atoms with Crippen LogP contribution in [0.15, 0.2) is 36.4 Å². The molecule has 0 saturated heterocycles. The molecule has 0 spiro atoms. The molecule has 1 heterocycles. The van der Waals surface area contributed by atoms with Gasteiger partial charge in [-0.15, -0.1) is 0 Å². The Bertz CT molecular complexity index is 661. The van der Waals surface area contributed by atoms with Crippen molar-refractivity contribution < 1.29 is 18.3 Å². The molecule has 1 aliphatic heterocycles. The molecule has 1 aliphatic rings. The maximum absolute atomic E-state index is 14.1. The van der Waals surface area contributed by atoms with Crippen molar-refractivity contribution in [1.82, 2.24) is 5.32 Å². The van der Waals surface area contributed by atoms with E-state index in [0.29, 0.717) is 30.3 Å². The van der Waals surface area contributed by atoms with E-state index in [9.17, 15) is 8.78 Å². The van der Waals surface area contributed by atoms with Crippen LogP contribution in [-0.2, 0) is 0 Å². The molecular weight excluding hydrogens is 276 g/mol. The number of rotatable bonds is 3. The summed E-state index contributed by atoms with van der Waals surface area (Å²) in [5.41, 5.74) is 1.13. The first kappa shape index (κ1) is 13.8. The summed E-state index contributed by atoms with van der Waals surface area (Å²) in [6, 6.07) is 8.61. The first-order chi connectivity index (χ1) is 10.2. The Labute approximate surface area is 121 Å². The van der Waals surface area contributed by atoms with Crippen LogP contribution in [0.1, 0.15) is 17.2 Å². The summed E-state index contributed by atoms with van der Waals surface area (Å²) >= 11 is 0. The smallest absolute Gasteiger partial charge is 0.166 e. The molecule has 3 rings (SSSR count). The van der Waals surface area contributed by atoms with Crippen molar-refractivity contribution in [2.75, 3.05) is 20.3 Å². The number of hydrogen-bond acceptors (Lipinski definition) is 3. The molecule has 2 aromatic rings. The van der Waals surface area contributed by atoms with Crippen LogP contribution in [0.4, 0.5) is 8.78 Å². The highest BCUT2D eigenvalue weighted by molar-refractivity contribution is 5.51. The normalized spacial score (nSPS) is 14.8. The van der Waals surface area contributed by atoms with Gasteiger partial charge in [0.2, 0.25) is 0 Å². The van der Waals surface area contributed by atoms with Gasteiger partial charge >= 0.3 is 0 Å². The molecule has 5 heteroatoms. The van der Waals surface area contributed by atoms with Crippen LogP contribution >= 0.6 is 0 Å². The minimum Gasteiger partial charge on any atom is -0.486 e. The fourth-order valence-corrected chi connectivity index (χ4v) is 2.54. The number of para-hydroxylation sites is 1. The van der Waals surface area contributed by atoms with Crippen molar-refractivity contribution in [2.45, 2.75) is 6.04 Å². The highest BCUT2D eigenvalue weighted by Gasteiger charge is 2.24. The van der Waals surface area contributed by atoms with Gasteiger partial charge in [0.1, 0.15) is 24.8 Å². The quantitative estimate of drug-likeness (QED) is 0.943. The van der Waals surface area contributed by atoms with Gasteiger partial charge in [-0.2, -0.15) is 0 Å². The predicted octanol–water partition coefficient (Wildman–Crippen LogP) is 3.04. The van der Waals surface area contributed by atoms with Gasteiger partial charge in [-0.05, 0) is 19.2 Å². The van der Waals surface area contributed by atoms with Gasteiger partial charge in [0.25, 0.3) is 0 Å². The Morgan fingerprint density at radius 3 is 2.62 bits per heavy atom. The van der Waals surface area contributed by atoms with E-state index in [0.717, 1.165) is 11.6 Å². The van der Waals surface area contributed by atoms with Gasteiger partial charge < -0.3 is 14.8 Å². The average molecular weight is 291 g/mol. The Balaban J connectivity index is 2.08. The molecule has 1 unspecified atom stereocenters. The highest BCUT2D eigenvalue weighted by Crippen LogP contribution is 2.39. The van der Waals surface area contributed by atoms with Gasteiger partial charge in [0.05, 0.1) is 6.04 Å². The van der Waals surface area contributed by atoms with Crippen molar-refractivity contribution in [3.63, 3.8) is 0 Å². The topological polar surface area (TPSA) is 30.5 Å². The maximum Gasteiger partial charge on any atom is 0.166 e. The zero-order valence-corrected chi connectivity index (χ0v) is 11.5. The van der Waals surface area contributed by atoms with E-state index >= 15 is 0 Å².